The van der Waals surface area contributed by atoms with E-state index in [1.165, 1.54) is 0 Å². The van der Waals surface area contributed by atoms with Crippen molar-refractivity contribution < 1.29 is 9.90 Å². The molecule has 0 saturated carbocycles. The molecule has 0 bridgehead atoms. The SMILES string of the molecule is CCCN(CCO)C(=O)c1nn(-c2ccccc2C)c2c1CCC2. The molecular formula is C19H25N3O2. The predicted molar refractivity (Wildman–Crippen MR) is 93.6 cm³/mol. The minimum Gasteiger partial charge on any atom is -0.395 e. The molecule has 2 aromatic rings. The zero-order chi connectivity index (χ0) is 17.1. The summed E-state index contributed by atoms with van der Waals surface area (Å²) in [6.45, 7) is 5.08. The number of hydrogen-bond donors (Lipinski definition) is 1. The van der Waals surface area contributed by atoms with Crippen molar-refractivity contribution in [1.29, 1.82) is 0 Å². The number of benzene rings is 1. The van der Waals surface area contributed by atoms with Gasteiger partial charge in [0.15, 0.2) is 5.69 Å². The summed E-state index contributed by atoms with van der Waals surface area (Å²) in [5.74, 6) is -0.0589. The number of amides is 1. The van der Waals surface area contributed by atoms with Crippen LogP contribution in [0.15, 0.2) is 24.3 Å². The molecule has 5 nitrogen and oxygen atoms in total. The molecule has 5 heteroatoms. The number of aryl methyl sites for hydroxylation is 1. The Labute approximate surface area is 142 Å². The molecule has 0 atom stereocenters. The van der Waals surface area contributed by atoms with Gasteiger partial charge in [-0.25, -0.2) is 4.68 Å². The molecule has 1 heterocycles. The maximum absolute atomic E-state index is 13.0. The molecule has 128 valence electrons. The fourth-order valence-electron chi connectivity index (χ4n) is 3.46. The van der Waals surface area contributed by atoms with Gasteiger partial charge >= 0.3 is 0 Å². The first-order chi connectivity index (χ1) is 11.7. The zero-order valence-electron chi connectivity index (χ0n) is 14.5. The molecule has 0 radical (unpaired) electrons. The van der Waals surface area contributed by atoms with Crippen LogP contribution in [-0.2, 0) is 12.8 Å². The molecule has 1 N–H and O–H groups in total. The van der Waals surface area contributed by atoms with Gasteiger partial charge in [0.2, 0.25) is 0 Å². The van der Waals surface area contributed by atoms with E-state index in [1.807, 2.05) is 29.8 Å². The van der Waals surface area contributed by atoms with E-state index >= 15 is 0 Å². The molecule has 1 amide bonds. The molecule has 1 aromatic carbocycles. The van der Waals surface area contributed by atoms with Crippen LogP contribution in [0.4, 0.5) is 0 Å². The lowest BCUT2D eigenvalue weighted by molar-refractivity contribution is 0.0714. The quantitative estimate of drug-likeness (QED) is 0.887. The molecule has 0 fully saturated rings. The number of para-hydroxylation sites is 1. The van der Waals surface area contributed by atoms with Gasteiger partial charge in [-0.15, -0.1) is 0 Å². The zero-order valence-corrected chi connectivity index (χ0v) is 14.5. The topological polar surface area (TPSA) is 58.4 Å². The third kappa shape index (κ3) is 2.96. The van der Waals surface area contributed by atoms with Gasteiger partial charge in [-0.1, -0.05) is 25.1 Å². The minimum atomic E-state index is -0.0589. The Morgan fingerprint density at radius 2 is 2.08 bits per heavy atom. The lowest BCUT2D eigenvalue weighted by atomic mass is 10.1. The number of aliphatic hydroxyl groups is 1. The van der Waals surface area contributed by atoms with Gasteiger partial charge in [0.1, 0.15) is 0 Å². The first-order valence-electron chi connectivity index (χ1n) is 8.74. The number of carbonyl (C=O) groups excluding carboxylic acids is 1. The summed E-state index contributed by atoms with van der Waals surface area (Å²) in [7, 11) is 0. The smallest absolute Gasteiger partial charge is 0.274 e. The molecular weight excluding hydrogens is 302 g/mol. The van der Waals surface area contributed by atoms with Gasteiger partial charge in [0.25, 0.3) is 5.91 Å². The van der Waals surface area contributed by atoms with Crippen LogP contribution >= 0.6 is 0 Å². The predicted octanol–water partition coefficient (Wildman–Crippen LogP) is 2.51. The highest BCUT2D eigenvalue weighted by Gasteiger charge is 2.29. The molecule has 0 saturated heterocycles. The number of rotatable bonds is 6. The Morgan fingerprint density at radius 3 is 2.79 bits per heavy atom. The Hall–Kier alpha value is -2.14. The highest BCUT2D eigenvalue weighted by Crippen LogP contribution is 2.29. The van der Waals surface area contributed by atoms with Crippen LogP contribution in [0.2, 0.25) is 0 Å². The van der Waals surface area contributed by atoms with Gasteiger partial charge < -0.3 is 10.0 Å². The summed E-state index contributed by atoms with van der Waals surface area (Å²) in [5.41, 5.74) is 5.00. The number of aromatic nitrogens is 2. The normalized spacial score (nSPS) is 13.1. The van der Waals surface area contributed by atoms with Gasteiger partial charge in [-0.05, 0) is 44.2 Å². The number of nitrogens with zero attached hydrogens (tertiary/aromatic N) is 3. The van der Waals surface area contributed by atoms with Crippen molar-refractivity contribution in [3.05, 3.63) is 46.8 Å². The second kappa shape index (κ2) is 7.18. The summed E-state index contributed by atoms with van der Waals surface area (Å²) in [5, 5.41) is 13.9. The molecule has 24 heavy (non-hydrogen) atoms. The Balaban J connectivity index is 2.03. The van der Waals surface area contributed by atoms with E-state index in [9.17, 15) is 9.90 Å². The molecule has 3 rings (SSSR count). The largest absolute Gasteiger partial charge is 0.395 e. The van der Waals surface area contributed by atoms with Crippen molar-refractivity contribution in [3.63, 3.8) is 0 Å². The third-order valence-electron chi connectivity index (χ3n) is 4.63. The number of aliphatic hydroxyl groups excluding tert-OH is 1. The van der Waals surface area contributed by atoms with Crippen molar-refractivity contribution in [2.75, 3.05) is 19.7 Å². The van der Waals surface area contributed by atoms with E-state index in [1.54, 1.807) is 4.90 Å². The average molecular weight is 327 g/mol. The standard InChI is InChI=1S/C19H25N3O2/c1-3-11-21(12-13-23)19(24)18-15-8-6-10-17(15)22(20-18)16-9-5-4-7-14(16)2/h4-5,7,9,23H,3,6,8,10-13H2,1-2H3. The summed E-state index contributed by atoms with van der Waals surface area (Å²) in [6, 6.07) is 8.13. The van der Waals surface area contributed by atoms with E-state index in [2.05, 4.69) is 13.0 Å². The summed E-state index contributed by atoms with van der Waals surface area (Å²) in [6.07, 6.45) is 3.79. The van der Waals surface area contributed by atoms with Gasteiger partial charge in [-0.2, -0.15) is 5.10 Å². The van der Waals surface area contributed by atoms with Crippen molar-refractivity contribution >= 4 is 5.91 Å². The maximum Gasteiger partial charge on any atom is 0.274 e. The molecule has 1 aliphatic rings. The highest BCUT2D eigenvalue weighted by molar-refractivity contribution is 5.94. The molecule has 0 unspecified atom stereocenters. The van der Waals surface area contributed by atoms with Gasteiger partial charge in [-0.3, -0.25) is 4.79 Å². The lowest BCUT2D eigenvalue weighted by Crippen LogP contribution is -2.35. The Kier molecular flexibility index (Phi) is 5.00. The molecule has 0 aliphatic heterocycles. The molecule has 1 aliphatic carbocycles. The summed E-state index contributed by atoms with van der Waals surface area (Å²) < 4.78 is 1.95. The average Bonchev–Trinajstić information content (AvgIpc) is 3.17. The van der Waals surface area contributed by atoms with Crippen LogP contribution in [0.1, 0.15) is 47.1 Å². The van der Waals surface area contributed by atoms with E-state index in [0.29, 0.717) is 18.8 Å². The first-order valence-corrected chi connectivity index (χ1v) is 8.74. The van der Waals surface area contributed by atoms with Crippen LogP contribution in [0.5, 0.6) is 0 Å². The fraction of sp³-hybridized carbons (Fsp3) is 0.474. The van der Waals surface area contributed by atoms with E-state index in [-0.39, 0.29) is 12.5 Å². The molecule has 0 spiro atoms. The monoisotopic (exact) mass is 327 g/mol. The second-order valence-corrected chi connectivity index (χ2v) is 6.34. The van der Waals surface area contributed by atoms with Gasteiger partial charge in [0, 0.05) is 24.3 Å². The first kappa shape index (κ1) is 16.7. The summed E-state index contributed by atoms with van der Waals surface area (Å²) >= 11 is 0. The van der Waals surface area contributed by atoms with Crippen LogP contribution in [0.25, 0.3) is 5.69 Å². The van der Waals surface area contributed by atoms with E-state index in [4.69, 9.17) is 5.10 Å². The van der Waals surface area contributed by atoms with Crippen LogP contribution in [0, 0.1) is 6.92 Å². The molecule has 1 aromatic heterocycles. The number of hydrogen-bond acceptors (Lipinski definition) is 3. The van der Waals surface area contributed by atoms with E-state index < -0.39 is 0 Å². The van der Waals surface area contributed by atoms with Crippen molar-refractivity contribution in [3.8, 4) is 5.69 Å². The van der Waals surface area contributed by atoms with Crippen LogP contribution in [-0.4, -0.2) is 45.4 Å². The van der Waals surface area contributed by atoms with Crippen molar-refractivity contribution in [2.45, 2.75) is 39.5 Å². The van der Waals surface area contributed by atoms with Crippen molar-refractivity contribution in [1.82, 2.24) is 14.7 Å². The maximum atomic E-state index is 13.0. The van der Waals surface area contributed by atoms with Crippen LogP contribution in [0.3, 0.4) is 0 Å². The van der Waals surface area contributed by atoms with E-state index in [0.717, 1.165) is 48.2 Å². The van der Waals surface area contributed by atoms with Crippen molar-refractivity contribution in [2.24, 2.45) is 0 Å². The minimum absolute atomic E-state index is 0.0214. The Morgan fingerprint density at radius 1 is 1.29 bits per heavy atom. The number of fused-ring (bicyclic) bond motifs is 1. The second-order valence-electron chi connectivity index (χ2n) is 6.34. The summed E-state index contributed by atoms with van der Waals surface area (Å²) in [4.78, 5) is 14.7. The lowest BCUT2D eigenvalue weighted by Gasteiger charge is -2.20. The van der Waals surface area contributed by atoms with Gasteiger partial charge in [0.05, 0.1) is 12.3 Å². The number of carbonyl (C=O) groups is 1. The Bertz CT molecular complexity index is 730. The highest BCUT2D eigenvalue weighted by atomic mass is 16.3. The third-order valence-corrected chi connectivity index (χ3v) is 4.63. The van der Waals surface area contributed by atoms with Crippen LogP contribution < -0.4 is 0 Å². The fourth-order valence-corrected chi connectivity index (χ4v) is 3.46.